The minimum absolute atomic E-state index is 0.101. The molecule has 0 aliphatic carbocycles. The van der Waals surface area contributed by atoms with Crippen LogP contribution in [0, 0.1) is 10.1 Å². The van der Waals surface area contributed by atoms with Crippen molar-refractivity contribution < 1.29 is 28.7 Å². The Labute approximate surface area is 130 Å². The molecule has 0 saturated heterocycles. The highest BCUT2D eigenvalue weighted by Gasteiger charge is 2.21. The summed E-state index contributed by atoms with van der Waals surface area (Å²) in [6, 6.07) is 5.22. The maximum absolute atomic E-state index is 12.1. The minimum atomic E-state index is -0.990. The van der Waals surface area contributed by atoms with Gasteiger partial charge in [-0.05, 0) is 19.9 Å². The molecule has 0 N–H and O–H groups in total. The van der Waals surface area contributed by atoms with Crippen molar-refractivity contribution in [2.24, 2.45) is 0 Å². The summed E-state index contributed by atoms with van der Waals surface area (Å²) in [6.45, 7) is 3.44. The van der Waals surface area contributed by atoms with Gasteiger partial charge in [0.2, 0.25) is 5.88 Å². The molecule has 9 heteroatoms. The van der Waals surface area contributed by atoms with E-state index in [-0.39, 0.29) is 24.8 Å². The molecule has 23 heavy (non-hydrogen) atoms. The highest BCUT2D eigenvalue weighted by Crippen LogP contribution is 2.29. The molecule has 0 aliphatic heterocycles. The van der Waals surface area contributed by atoms with Crippen LogP contribution >= 0.6 is 0 Å². The maximum Gasteiger partial charge on any atom is 0.515 e. The van der Waals surface area contributed by atoms with E-state index in [0.29, 0.717) is 10.9 Å². The summed E-state index contributed by atoms with van der Waals surface area (Å²) in [5.41, 5.74) is 0.162. The topological polar surface area (TPSA) is 110 Å². The van der Waals surface area contributed by atoms with Gasteiger partial charge in [0.1, 0.15) is 0 Å². The lowest BCUT2D eigenvalue weighted by Gasteiger charge is -2.08. The number of nitrogens with zero attached hydrogens (tertiary/aromatic N) is 2. The zero-order valence-electron chi connectivity index (χ0n) is 12.5. The Morgan fingerprint density at radius 1 is 1.17 bits per heavy atom. The molecular weight excluding hydrogens is 308 g/mol. The highest BCUT2D eigenvalue weighted by molar-refractivity contribution is 5.93. The third kappa shape index (κ3) is 3.39. The minimum Gasteiger partial charge on any atom is -0.449 e. The van der Waals surface area contributed by atoms with E-state index in [0.717, 1.165) is 4.57 Å². The molecule has 0 atom stereocenters. The first-order valence-electron chi connectivity index (χ1n) is 6.79. The fourth-order valence-corrected chi connectivity index (χ4v) is 1.98. The van der Waals surface area contributed by atoms with Crippen LogP contribution in [0.1, 0.15) is 13.8 Å². The summed E-state index contributed by atoms with van der Waals surface area (Å²) < 4.78 is 15.6. The Morgan fingerprint density at radius 3 is 2.48 bits per heavy atom. The molecule has 0 unspecified atom stereocenters. The Hall–Kier alpha value is -3.10. The van der Waals surface area contributed by atoms with Gasteiger partial charge in [-0.1, -0.05) is 0 Å². The van der Waals surface area contributed by atoms with Crippen molar-refractivity contribution in [1.29, 1.82) is 0 Å². The normalized spacial score (nSPS) is 10.3. The molecule has 2 rings (SSSR count). The van der Waals surface area contributed by atoms with Gasteiger partial charge in [-0.25, -0.2) is 14.2 Å². The smallest absolute Gasteiger partial charge is 0.449 e. The molecule has 2 aromatic rings. The van der Waals surface area contributed by atoms with Gasteiger partial charge in [0.15, 0.2) is 0 Å². The van der Waals surface area contributed by atoms with Gasteiger partial charge < -0.3 is 14.2 Å². The number of hydrogen-bond donors (Lipinski definition) is 0. The van der Waals surface area contributed by atoms with Crippen LogP contribution in [0.4, 0.5) is 15.3 Å². The highest BCUT2D eigenvalue weighted by atomic mass is 16.7. The number of benzene rings is 1. The summed E-state index contributed by atoms with van der Waals surface area (Å²) in [4.78, 5) is 33.8. The molecule has 0 radical (unpaired) electrons. The molecule has 1 heterocycles. The fourth-order valence-electron chi connectivity index (χ4n) is 1.98. The Morgan fingerprint density at radius 2 is 1.87 bits per heavy atom. The lowest BCUT2D eigenvalue weighted by molar-refractivity contribution is -0.384. The molecule has 1 aromatic carbocycles. The summed E-state index contributed by atoms with van der Waals surface area (Å²) in [5.74, 6) is -0.141. The number of rotatable bonds is 4. The Balaban J connectivity index is 2.53. The first kappa shape index (κ1) is 16.3. The zero-order valence-corrected chi connectivity index (χ0v) is 12.5. The van der Waals surface area contributed by atoms with E-state index < -0.39 is 17.2 Å². The van der Waals surface area contributed by atoms with Crippen molar-refractivity contribution in [2.45, 2.75) is 13.8 Å². The maximum atomic E-state index is 12.1. The number of non-ortho nitro benzene ring substituents is 1. The predicted octanol–water partition coefficient (Wildman–Crippen LogP) is 3.09. The van der Waals surface area contributed by atoms with Gasteiger partial charge in [-0.3, -0.25) is 10.1 Å². The summed E-state index contributed by atoms with van der Waals surface area (Å²) in [6.07, 6.45) is -1.76. The molecule has 9 nitrogen and oxygen atoms in total. The van der Waals surface area contributed by atoms with Gasteiger partial charge in [0, 0.05) is 23.6 Å². The monoisotopic (exact) mass is 322 g/mol. The van der Waals surface area contributed by atoms with E-state index >= 15 is 0 Å². The number of carbonyl (C=O) groups excluding carboxylic acids is 2. The molecule has 0 saturated carbocycles. The molecule has 122 valence electrons. The Bertz CT molecular complexity index is 766. The molecule has 0 aliphatic rings. The first-order valence-corrected chi connectivity index (χ1v) is 6.79. The molecule has 0 spiro atoms. The second-order valence-electron chi connectivity index (χ2n) is 4.30. The predicted molar refractivity (Wildman–Crippen MR) is 78.7 cm³/mol. The lowest BCUT2D eigenvalue weighted by atomic mass is 10.2. The number of ether oxygens (including phenoxy) is 3. The van der Waals surface area contributed by atoms with Crippen LogP contribution in [0.15, 0.2) is 24.3 Å². The summed E-state index contributed by atoms with van der Waals surface area (Å²) in [5, 5.41) is 11.2. The van der Waals surface area contributed by atoms with Gasteiger partial charge in [0.05, 0.1) is 23.7 Å². The number of hydrogen-bond acceptors (Lipinski definition) is 7. The van der Waals surface area contributed by atoms with Gasteiger partial charge in [0.25, 0.3) is 5.69 Å². The van der Waals surface area contributed by atoms with Crippen molar-refractivity contribution in [3.8, 4) is 5.88 Å². The standard InChI is InChI=1S/C14H14N2O7/c1-3-21-13(17)15-11-6-5-10(16(19)20)7-9(11)8-12(15)23-14(18)22-4-2/h5-8H,3-4H2,1-2H3. The quantitative estimate of drug-likeness (QED) is 0.483. The van der Waals surface area contributed by atoms with Gasteiger partial charge in [-0.15, -0.1) is 0 Å². The van der Waals surface area contributed by atoms with Crippen molar-refractivity contribution >= 4 is 28.8 Å². The van der Waals surface area contributed by atoms with E-state index in [2.05, 4.69) is 4.74 Å². The lowest BCUT2D eigenvalue weighted by Crippen LogP contribution is -2.18. The van der Waals surface area contributed by atoms with Crippen LogP contribution in [-0.2, 0) is 9.47 Å². The fraction of sp³-hybridized carbons (Fsp3) is 0.286. The molecule has 1 aromatic heterocycles. The van der Waals surface area contributed by atoms with Gasteiger partial charge in [-0.2, -0.15) is 0 Å². The van der Waals surface area contributed by atoms with Crippen LogP contribution < -0.4 is 4.74 Å². The van der Waals surface area contributed by atoms with Crippen molar-refractivity contribution in [3.63, 3.8) is 0 Å². The first-order chi connectivity index (χ1) is 11.0. The van der Waals surface area contributed by atoms with Crippen LogP contribution in [-0.4, -0.2) is 35.0 Å². The number of aromatic nitrogens is 1. The number of nitro benzene ring substituents is 1. The average molecular weight is 322 g/mol. The number of carbonyl (C=O) groups is 2. The molecule has 0 bridgehead atoms. The van der Waals surface area contributed by atoms with Crippen molar-refractivity contribution in [2.75, 3.05) is 13.2 Å². The van der Waals surface area contributed by atoms with E-state index in [1.54, 1.807) is 13.8 Å². The molecular formula is C14H14N2O7. The van der Waals surface area contributed by atoms with Crippen molar-refractivity contribution in [3.05, 3.63) is 34.4 Å². The van der Waals surface area contributed by atoms with Gasteiger partial charge >= 0.3 is 12.2 Å². The third-order valence-corrected chi connectivity index (χ3v) is 2.86. The van der Waals surface area contributed by atoms with E-state index in [1.807, 2.05) is 0 Å². The van der Waals surface area contributed by atoms with Crippen LogP contribution in [0.25, 0.3) is 10.9 Å². The van der Waals surface area contributed by atoms with E-state index in [1.165, 1.54) is 24.3 Å². The van der Waals surface area contributed by atoms with E-state index in [4.69, 9.17) is 9.47 Å². The van der Waals surface area contributed by atoms with Crippen molar-refractivity contribution in [1.82, 2.24) is 4.57 Å². The molecule has 0 fully saturated rings. The second-order valence-corrected chi connectivity index (χ2v) is 4.30. The van der Waals surface area contributed by atoms with E-state index in [9.17, 15) is 19.7 Å². The number of nitro groups is 1. The molecule has 0 amide bonds. The zero-order chi connectivity index (χ0) is 17.0. The third-order valence-electron chi connectivity index (χ3n) is 2.86. The van der Waals surface area contributed by atoms with Crippen LogP contribution in [0.2, 0.25) is 0 Å². The second kappa shape index (κ2) is 6.77. The summed E-state index contributed by atoms with van der Waals surface area (Å²) >= 11 is 0. The summed E-state index contributed by atoms with van der Waals surface area (Å²) in [7, 11) is 0. The Kier molecular flexibility index (Phi) is 4.79. The van der Waals surface area contributed by atoms with Crippen LogP contribution in [0.3, 0.4) is 0 Å². The largest absolute Gasteiger partial charge is 0.515 e. The average Bonchev–Trinajstić information content (AvgIpc) is 2.84. The van der Waals surface area contributed by atoms with Crippen LogP contribution in [0.5, 0.6) is 5.88 Å². The number of fused-ring (bicyclic) bond motifs is 1. The SMILES string of the molecule is CCOC(=O)Oc1cc2cc([N+](=O)[O-])ccc2n1C(=O)OCC.